The summed E-state index contributed by atoms with van der Waals surface area (Å²) in [7, 11) is 1.85. The van der Waals surface area contributed by atoms with E-state index in [2.05, 4.69) is 10.4 Å². The molecule has 1 aliphatic rings. The highest BCUT2D eigenvalue weighted by Gasteiger charge is 2.08. The maximum absolute atomic E-state index is 12.5. The summed E-state index contributed by atoms with van der Waals surface area (Å²) in [6.45, 7) is 0.856. The number of alkyl halides is 1. The number of halogens is 2. The number of rotatable bonds is 7. The summed E-state index contributed by atoms with van der Waals surface area (Å²) < 4.78 is 19.8. The standard InChI is InChI=1S/C14H18FN3O.C6H12.ClH/c1-16-10-13-9-14(18(17-13)8-7-15)19-11-12-5-3-2-4-6-12;1-2-4-6-5-3-1;/h2-6,9,16H,7-8,10-11H2,1H3;1-6H2;1H. The van der Waals surface area contributed by atoms with Gasteiger partial charge < -0.3 is 10.1 Å². The average Bonchev–Trinajstić information content (AvgIpc) is 3.05. The van der Waals surface area contributed by atoms with Gasteiger partial charge in [-0.2, -0.15) is 5.10 Å². The Balaban J connectivity index is 0.000000410. The van der Waals surface area contributed by atoms with Gasteiger partial charge in [0.1, 0.15) is 13.3 Å². The average molecular weight is 384 g/mol. The molecule has 0 atom stereocenters. The van der Waals surface area contributed by atoms with Gasteiger partial charge in [0, 0.05) is 12.6 Å². The van der Waals surface area contributed by atoms with E-state index in [1.54, 1.807) is 4.68 Å². The van der Waals surface area contributed by atoms with E-state index in [1.807, 2.05) is 43.4 Å². The van der Waals surface area contributed by atoms with Crippen LogP contribution in [0.25, 0.3) is 0 Å². The Bertz CT molecular complexity index is 576. The van der Waals surface area contributed by atoms with Gasteiger partial charge in [-0.25, -0.2) is 9.07 Å². The highest BCUT2D eigenvalue weighted by atomic mass is 35.5. The monoisotopic (exact) mass is 383 g/mol. The maximum atomic E-state index is 12.5. The van der Waals surface area contributed by atoms with E-state index in [4.69, 9.17) is 4.74 Å². The van der Waals surface area contributed by atoms with E-state index >= 15 is 0 Å². The SMILES string of the molecule is C1CCCCC1.CNCc1cc(OCc2ccccc2)n(CCF)n1.Cl. The van der Waals surface area contributed by atoms with Crippen molar-refractivity contribution < 1.29 is 9.13 Å². The fourth-order valence-corrected chi connectivity index (χ4v) is 2.87. The minimum atomic E-state index is -0.456. The summed E-state index contributed by atoms with van der Waals surface area (Å²) in [5.74, 6) is 0.603. The van der Waals surface area contributed by atoms with Gasteiger partial charge >= 0.3 is 0 Å². The summed E-state index contributed by atoms with van der Waals surface area (Å²) in [6, 6.07) is 11.7. The van der Waals surface area contributed by atoms with Crippen molar-refractivity contribution in [1.29, 1.82) is 0 Å². The van der Waals surface area contributed by atoms with Crippen molar-refractivity contribution in [3.05, 3.63) is 47.7 Å². The number of nitrogens with one attached hydrogen (secondary N) is 1. The number of aromatic nitrogens is 2. The minimum absolute atomic E-state index is 0. The highest BCUT2D eigenvalue weighted by molar-refractivity contribution is 5.85. The van der Waals surface area contributed by atoms with Crippen LogP contribution in [-0.2, 0) is 19.7 Å². The molecule has 0 saturated heterocycles. The Morgan fingerprint density at radius 1 is 1.08 bits per heavy atom. The first kappa shape index (κ1) is 22.5. The molecule has 1 aliphatic carbocycles. The molecule has 4 nitrogen and oxygen atoms in total. The largest absolute Gasteiger partial charge is 0.473 e. The van der Waals surface area contributed by atoms with E-state index in [1.165, 1.54) is 38.5 Å². The third kappa shape index (κ3) is 8.19. The molecule has 1 N–H and O–H groups in total. The molecule has 1 aromatic carbocycles. The number of benzene rings is 1. The second kappa shape index (κ2) is 13.6. The molecule has 1 heterocycles. The Kier molecular flexibility index (Phi) is 11.7. The summed E-state index contributed by atoms with van der Waals surface area (Å²) >= 11 is 0. The predicted molar refractivity (Wildman–Crippen MR) is 107 cm³/mol. The lowest BCUT2D eigenvalue weighted by Gasteiger charge is -2.07. The molecule has 3 rings (SSSR count). The number of ether oxygens (including phenoxy) is 1. The zero-order valence-corrected chi connectivity index (χ0v) is 16.4. The minimum Gasteiger partial charge on any atom is -0.473 e. The van der Waals surface area contributed by atoms with Crippen molar-refractivity contribution in [2.45, 2.75) is 58.2 Å². The van der Waals surface area contributed by atoms with Crippen LogP contribution in [0.4, 0.5) is 4.39 Å². The zero-order valence-electron chi connectivity index (χ0n) is 15.6. The van der Waals surface area contributed by atoms with E-state index in [0.29, 0.717) is 19.0 Å². The van der Waals surface area contributed by atoms with Gasteiger partial charge in [0.05, 0.1) is 12.2 Å². The van der Waals surface area contributed by atoms with Gasteiger partial charge in [-0.1, -0.05) is 68.9 Å². The van der Waals surface area contributed by atoms with Gasteiger partial charge in [0.25, 0.3) is 0 Å². The summed E-state index contributed by atoms with van der Waals surface area (Å²) in [6.07, 6.45) is 9.00. The first-order valence-corrected chi connectivity index (χ1v) is 9.27. The van der Waals surface area contributed by atoms with E-state index in [0.717, 1.165) is 11.3 Å². The van der Waals surface area contributed by atoms with Crippen molar-refractivity contribution in [3.63, 3.8) is 0 Å². The lowest BCUT2D eigenvalue weighted by molar-refractivity contribution is 0.266. The van der Waals surface area contributed by atoms with Gasteiger partial charge in [0.15, 0.2) is 0 Å². The fourth-order valence-electron chi connectivity index (χ4n) is 2.87. The molecule has 6 heteroatoms. The molecular formula is C20H31ClFN3O. The third-order valence-electron chi connectivity index (χ3n) is 4.18. The van der Waals surface area contributed by atoms with Crippen LogP contribution in [0.3, 0.4) is 0 Å². The molecule has 1 fully saturated rings. The molecular weight excluding hydrogens is 353 g/mol. The van der Waals surface area contributed by atoms with Gasteiger partial charge in [0.2, 0.25) is 5.88 Å². The molecule has 26 heavy (non-hydrogen) atoms. The third-order valence-corrected chi connectivity index (χ3v) is 4.18. The topological polar surface area (TPSA) is 39.1 Å². The molecule has 1 saturated carbocycles. The Hall–Kier alpha value is -1.59. The van der Waals surface area contributed by atoms with Crippen LogP contribution in [0.2, 0.25) is 0 Å². The lowest BCUT2D eigenvalue weighted by atomic mass is 10.0. The molecule has 0 aliphatic heterocycles. The van der Waals surface area contributed by atoms with Crippen molar-refractivity contribution in [2.24, 2.45) is 0 Å². The fraction of sp³-hybridized carbons (Fsp3) is 0.550. The van der Waals surface area contributed by atoms with Crippen LogP contribution in [0.5, 0.6) is 5.88 Å². The van der Waals surface area contributed by atoms with Crippen LogP contribution in [0, 0.1) is 0 Å². The summed E-state index contributed by atoms with van der Waals surface area (Å²) in [5.41, 5.74) is 1.92. The van der Waals surface area contributed by atoms with Crippen molar-refractivity contribution in [1.82, 2.24) is 15.1 Å². The zero-order chi connectivity index (χ0) is 17.7. The van der Waals surface area contributed by atoms with Crippen molar-refractivity contribution in [3.8, 4) is 5.88 Å². The Morgan fingerprint density at radius 3 is 2.23 bits per heavy atom. The molecule has 0 bridgehead atoms. The molecule has 146 valence electrons. The van der Waals surface area contributed by atoms with Crippen molar-refractivity contribution in [2.75, 3.05) is 13.7 Å². The van der Waals surface area contributed by atoms with Crippen LogP contribution in [0.1, 0.15) is 49.8 Å². The quantitative estimate of drug-likeness (QED) is 0.738. The highest BCUT2D eigenvalue weighted by Crippen LogP contribution is 2.16. The second-order valence-corrected chi connectivity index (χ2v) is 6.31. The maximum Gasteiger partial charge on any atom is 0.212 e. The van der Waals surface area contributed by atoms with Crippen LogP contribution >= 0.6 is 12.4 Å². The van der Waals surface area contributed by atoms with Crippen LogP contribution in [-0.4, -0.2) is 23.5 Å². The van der Waals surface area contributed by atoms with Crippen molar-refractivity contribution >= 4 is 12.4 Å². The van der Waals surface area contributed by atoms with E-state index in [-0.39, 0.29) is 19.0 Å². The Morgan fingerprint density at radius 2 is 1.69 bits per heavy atom. The lowest BCUT2D eigenvalue weighted by Crippen LogP contribution is -2.08. The number of aryl methyl sites for hydroxylation is 1. The molecule has 0 unspecified atom stereocenters. The normalized spacial score (nSPS) is 13.3. The number of hydrogen-bond donors (Lipinski definition) is 1. The summed E-state index contributed by atoms with van der Waals surface area (Å²) in [5, 5.41) is 7.31. The van der Waals surface area contributed by atoms with Crippen LogP contribution in [0.15, 0.2) is 36.4 Å². The summed E-state index contributed by atoms with van der Waals surface area (Å²) in [4.78, 5) is 0. The predicted octanol–water partition coefficient (Wildman–Crippen LogP) is 4.91. The number of nitrogens with zero attached hydrogens (tertiary/aromatic N) is 2. The number of hydrogen-bond acceptors (Lipinski definition) is 3. The molecule has 2 aromatic rings. The van der Waals surface area contributed by atoms with Crippen LogP contribution < -0.4 is 10.1 Å². The first-order valence-electron chi connectivity index (χ1n) is 9.27. The Labute approximate surface area is 162 Å². The molecule has 1 aromatic heterocycles. The molecule has 0 amide bonds. The molecule has 0 radical (unpaired) electrons. The van der Waals surface area contributed by atoms with Gasteiger partial charge in [-0.3, -0.25) is 0 Å². The van der Waals surface area contributed by atoms with E-state index in [9.17, 15) is 4.39 Å². The second-order valence-electron chi connectivity index (χ2n) is 6.31. The van der Waals surface area contributed by atoms with Gasteiger partial charge in [-0.15, -0.1) is 12.4 Å². The molecule has 0 spiro atoms. The first-order chi connectivity index (χ1) is 12.3. The smallest absolute Gasteiger partial charge is 0.212 e. The van der Waals surface area contributed by atoms with Gasteiger partial charge in [-0.05, 0) is 12.6 Å². The van der Waals surface area contributed by atoms with E-state index < -0.39 is 6.67 Å².